The van der Waals surface area contributed by atoms with Crippen molar-refractivity contribution in [3.63, 3.8) is 0 Å². The molecule has 27 heavy (non-hydrogen) atoms. The standard InChI is InChI=1S/C23H35N3O/c1-5-14-25(15-6-2)16-9-12-22-23-20(13-17-26(22)18(3)27)19-10-7-8-11-21(19)24(23)4/h7-8,10-11,22H,5-6,9,12-17H2,1-4H3. The summed E-state index contributed by atoms with van der Waals surface area (Å²) >= 11 is 0. The average Bonchev–Trinajstić information content (AvgIpc) is 2.95. The summed E-state index contributed by atoms with van der Waals surface area (Å²) in [7, 11) is 2.16. The lowest BCUT2D eigenvalue weighted by Crippen LogP contribution is -2.40. The molecule has 148 valence electrons. The third-order valence-corrected chi connectivity index (χ3v) is 5.99. The molecular formula is C23H35N3O. The zero-order valence-electron chi connectivity index (χ0n) is 17.5. The Morgan fingerprint density at radius 2 is 1.85 bits per heavy atom. The van der Waals surface area contributed by atoms with Gasteiger partial charge in [0.25, 0.3) is 0 Å². The monoisotopic (exact) mass is 369 g/mol. The molecule has 1 aliphatic rings. The summed E-state index contributed by atoms with van der Waals surface area (Å²) in [5.74, 6) is 0.204. The molecule has 1 atom stereocenters. The zero-order chi connectivity index (χ0) is 19.4. The number of carbonyl (C=O) groups is 1. The molecule has 1 aromatic carbocycles. The van der Waals surface area contributed by atoms with Gasteiger partial charge in [-0.05, 0) is 63.4 Å². The van der Waals surface area contributed by atoms with Crippen molar-refractivity contribution in [2.75, 3.05) is 26.2 Å². The van der Waals surface area contributed by atoms with Gasteiger partial charge in [0.1, 0.15) is 0 Å². The molecule has 1 aromatic heterocycles. The SMILES string of the molecule is CCCN(CCC)CCCC1c2c(c3ccccc3n2C)CCN1C(C)=O. The van der Waals surface area contributed by atoms with Crippen molar-refractivity contribution in [3.05, 3.63) is 35.5 Å². The Labute approximate surface area is 164 Å². The van der Waals surface area contributed by atoms with Gasteiger partial charge in [-0.15, -0.1) is 0 Å². The molecule has 3 rings (SSSR count). The number of hydrogen-bond acceptors (Lipinski definition) is 2. The molecule has 0 aliphatic carbocycles. The van der Waals surface area contributed by atoms with Crippen molar-refractivity contribution in [2.45, 2.75) is 58.9 Å². The van der Waals surface area contributed by atoms with Crippen molar-refractivity contribution in [2.24, 2.45) is 7.05 Å². The van der Waals surface area contributed by atoms with Gasteiger partial charge in [0.2, 0.25) is 5.91 Å². The van der Waals surface area contributed by atoms with E-state index in [1.807, 2.05) is 0 Å². The lowest BCUT2D eigenvalue weighted by molar-refractivity contribution is -0.132. The molecule has 1 amide bonds. The lowest BCUT2D eigenvalue weighted by atomic mass is 9.94. The maximum absolute atomic E-state index is 12.4. The molecule has 1 unspecified atom stereocenters. The van der Waals surface area contributed by atoms with E-state index in [9.17, 15) is 4.79 Å². The fraction of sp³-hybridized carbons (Fsp3) is 0.609. The van der Waals surface area contributed by atoms with Gasteiger partial charge in [-0.2, -0.15) is 0 Å². The first-order valence-corrected chi connectivity index (χ1v) is 10.6. The number of aryl methyl sites for hydroxylation is 1. The molecule has 4 nitrogen and oxygen atoms in total. The number of amides is 1. The maximum atomic E-state index is 12.4. The molecule has 1 aliphatic heterocycles. The Morgan fingerprint density at radius 3 is 2.52 bits per heavy atom. The van der Waals surface area contributed by atoms with E-state index < -0.39 is 0 Å². The van der Waals surface area contributed by atoms with Crippen LogP contribution in [-0.4, -0.2) is 46.5 Å². The summed E-state index contributed by atoms with van der Waals surface area (Å²) in [6, 6.07) is 8.88. The second-order valence-electron chi connectivity index (χ2n) is 7.90. The van der Waals surface area contributed by atoms with Crippen LogP contribution in [0.25, 0.3) is 10.9 Å². The van der Waals surface area contributed by atoms with Crippen LogP contribution in [0, 0.1) is 0 Å². The van der Waals surface area contributed by atoms with Crippen LogP contribution in [0.1, 0.15) is 63.8 Å². The number of aromatic nitrogens is 1. The number of carbonyl (C=O) groups excluding carboxylic acids is 1. The van der Waals surface area contributed by atoms with Crippen molar-refractivity contribution >= 4 is 16.8 Å². The Bertz CT molecular complexity index is 773. The van der Waals surface area contributed by atoms with E-state index >= 15 is 0 Å². The Balaban J connectivity index is 1.84. The van der Waals surface area contributed by atoms with Crippen LogP contribution in [0.4, 0.5) is 0 Å². The third kappa shape index (κ3) is 4.06. The highest BCUT2D eigenvalue weighted by molar-refractivity contribution is 5.86. The topological polar surface area (TPSA) is 28.5 Å². The van der Waals surface area contributed by atoms with Crippen LogP contribution in [0.3, 0.4) is 0 Å². The average molecular weight is 370 g/mol. The number of rotatable bonds is 8. The second-order valence-corrected chi connectivity index (χ2v) is 7.90. The van der Waals surface area contributed by atoms with E-state index in [1.54, 1.807) is 6.92 Å². The minimum absolute atomic E-state index is 0.203. The second kappa shape index (κ2) is 8.92. The van der Waals surface area contributed by atoms with E-state index in [1.165, 1.54) is 48.1 Å². The Morgan fingerprint density at radius 1 is 1.15 bits per heavy atom. The van der Waals surface area contributed by atoms with Gasteiger partial charge in [-0.3, -0.25) is 4.79 Å². The van der Waals surface area contributed by atoms with Crippen molar-refractivity contribution in [1.82, 2.24) is 14.4 Å². The van der Waals surface area contributed by atoms with E-state index in [0.717, 1.165) is 32.4 Å². The fourth-order valence-corrected chi connectivity index (χ4v) is 4.86. The molecule has 0 fully saturated rings. The van der Waals surface area contributed by atoms with Crippen LogP contribution in [-0.2, 0) is 18.3 Å². The van der Waals surface area contributed by atoms with Crippen LogP contribution < -0.4 is 0 Å². The molecule has 4 heteroatoms. The number of hydrogen-bond donors (Lipinski definition) is 0. The smallest absolute Gasteiger partial charge is 0.220 e. The van der Waals surface area contributed by atoms with Gasteiger partial charge in [0, 0.05) is 37.1 Å². The van der Waals surface area contributed by atoms with Crippen molar-refractivity contribution < 1.29 is 4.79 Å². The molecular weight excluding hydrogens is 334 g/mol. The van der Waals surface area contributed by atoms with Crippen LogP contribution >= 0.6 is 0 Å². The third-order valence-electron chi connectivity index (χ3n) is 5.99. The summed E-state index contributed by atoms with van der Waals surface area (Å²) in [6.07, 6.45) is 5.55. The summed E-state index contributed by atoms with van der Waals surface area (Å²) in [4.78, 5) is 17.0. The summed E-state index contributed by atoms with van der Waals surface area (Å²) in [5, 5.41) is 1.36. The van der Waals surface area contributed by atoms with Gasteiger partial charge in [0.15, 0.2) is 0 Å². The molecule has 2 heterocycles. The van der Waals surface area contributed by atoms with E-state index in [-0.39, 0.29) is 11.9 Å². The molecule has 0 radical (unpaired) electrons. The first-order chi connectivity index (χ1) is 13.1. The van der Waals surface area contributed by atoms with Gasteiger partial charge in [0.05, 0.1) is 6.04 Å². The minimum atomic E-state index is 0.203. The Hall–Kier alpha value is -1.81. The molecule has 0 saturated heterocycles. The first-order valence-electron chi connectivity index (χ1n) is 10.6. The molecule has 0 spiro atoms. The van der Waals surface area contributed by atoms with Crippen molar-refractivity contribution in [1.29, 1.82) is 0 Å². The van der Waals surface area contributed by atoms with Crippen LogP contribution in [0.5, 0.6) is 0 Å². The predicted octanol–water partition coefficient (Wildman–Crippen LogP) is 4.53. The number of fused-ring (bicyclic) bond motifs is 3. The summed E-state index contributed by atoms with van der Waals surface area (Å²) in [6.45, 7) is 10.5. The number of nitrogens with zero attached hydrogens (tertiary/aromatic N) is 3. The van der Waals surface area contributed by atoms with Crippen LogP contribution in [0.15, 0.2) is 24.3 Å². The van der Waals surface area contributed by atoms with E-state index in [0.29, 0.717) is 0 Å². The zero-order valence-corrected chi connectivity index (χ0v) is 17.5. The van der Waals surface area contributed by atoms with Crippen LogP contribution in [0.2, 0.25) is 0 Å². The Kier molecular flexibility index (Phi) is 6.59. The highest BCUT2D eigenvalue weighted by atomic mass is 16.2. The fourth-order valence-electron chi connectivity index (χ4n) is 4.86. The van der Waals surface area contributed by atoms with Gasteiger partial charge in [-0.25, -0.2) is 0 Å². The molecule has 0 N–H and O–H groups in total. The molecule has 0 saturated carbocycles. The number of para-hydroxylation sites is 1. The highest BCUT2D eigenvalue weighted by Crippen LogP contribution is 2.38. The van der Waals surface area contributed by atoms with E-state index in [4.69, 9.17) is 0 Å². The quantitative estimate of drug-likeness (QED) is 0.684. The minimum Gasteiger partial charge on any atom is -0.346 e. The highest BCUT2D eigenvalue weighted by Gasteiger charge is 2.33. The summed E-state index contributed by atoms with van der Waals surface area (Å²) in [5.41, 5.74) is 4.10. The molecule has 2 aromatic rings. The van der Waals surface area contributed by atoms with Gasteiger partial charge in [-0.1, -0.05) is 32.0 Å². The lowest BCUT2D eigenvalue weighted by Gasteiger charge is -2.36. The number of benzene rings is 1. The molecule has 0 bridgehead atoms. The normalized spacial score (nSPS) is 16.9. The van der Waals surface area contributed by atoms with Gasteiger partial charge < -0.3 is 14.4 Å². The summed E-state index contributed by atoms with van der Waals surface area (Å²) < 4.78 is 2.33. The van der Waals surface area contributed by atoms with Gasteiger partial charge >= 0.3 is 0 Å². The largest absolute Gasteiger partial charge is 0.346 e. The van der Waals surface area contributed by atoms with Crippen molar-refractivity contribution in [3.8, 4) is 0 Å². The van der Waals surface area contributed by atoms with E-state index in [2.05, 4.69) is 59.5 Å². The first kappa shape index (κ1) is 19.9. The predicted molar refractivity (Wildman–Crippen MR) is 113 cm³/mol. The maximum Gasteiger partial charge on any atom is 0.220 e.